The van der Waals surface area contributed by atoms with E-state index in [0.29, 0.717) is 0 Å². The van der Waals surface area contributed by atoms with Crippen molar-refractivity contribution in [3.05, 3.63) is 59.9 Å². The normalized spacial score (nSPS) is 20.3. The lowest BCUT2D eigenvalue weighted by Gasteiger charge is -2.31. The van der Waals surface area contributed by atoms with Crippen LogP contribution in [0.2, 0.25) is 0 Å². The van der Waals surface area contributed by atoms with Crippen molar-refractivity contribution in [1.82, 2.24) is 9.88 Å². The molecule has 2 heterocycles. The van der Waals surface area contributed by atoms with Crippen LogP contribution >= 0.6 is 0 Å². The Labute approximate surface area is 162 Å². The molecule has 2 unspecified atom stereocenters. The van der Waals surface area contributed by atoms with E-state index in [9.17, 15) is 18.4 Å². The molecule has 0 radical (unpaired) electrons. The highest BCUT2D eigenvalue weighted by Crippen LogP contribution is 2.37. The van der Waals surface area contributed by atoms with Crippen LogP contribution in [0.25, 0.3) is 0 Å². The number of hydrogen-bond acceptors (Lipinski definition) is 3. The van der Waals surface area contributed by atoms with Gasteiger partial charge >= 0.3 is 0 Å². The second kappa shape index (κ2) is 7.30. The molecule has 7 heteroatoms. The zero-order valence-electron chi connectivity index (χ0n) is 15.5. The summed E-state index contributed by atoms with van der Waals surface area (Å²) in [6, 6.07) is 8.64. The van der Waals surface area contributed by atoms with Gasteiger partial charge in [-0.2, -0.15) is 0 Å². The minimum atomic E-state index is -0.803. The van der Waals surface area contributed by atoms with E-state index in [1.807, 2.05) is 30.0 Å². The van der Waals surface area contributed by atoms with Crippen LogP contribution in [0.15, 0.2) is 42.6 Å². The van der Waals surface area contributed by atoms with Gasteiger partial charge < -0.3 is 9.80 Å². The van der Waals surface area contributed by atoms with Gasteiger partial charge in [0.05, 0.1) is 23.3 Å². The number of carbonyl (C=O) groups is 2. The summed E-state index contributed by atoms with van der Waals surface area (Å²) in [7, 11) is 0. The maximum absolute atomic E-state index is 14.1. The van der Waals surface area contributed by atoms with Crippen LogP contribution in [-0.2, 0) is 9.59 Å². The zero-order chi connectivity index (χ0) is 19.8. The Balaban J connectivity index is 1.55. The molecule has 2 aromatic rings. The highest BCUT2D eigenvalue weighted by molar-refractivity contribution is 6.00. The summed E-state index contributed by atoms with van der Waals surface area (Å²) in [4.78, 5) is 33.2. The van der Waals surface area contributed by atoms with Crippen LogP contribution in [0, 0.1) is 17.6 Å². The van der Waals surface area contributed by atoms with Crippen LogP contribution in [0.5, 0.6) is 0 Å². The first-order chi connectivity index (χ1) is 13.5. The summed E-state index contributed by atoms with van der Waals surface area (Å²) in [6.45, 7) is 2.03. The second-order valence-electron chi connectivity index (χ2n) is 7.41. The predicted octanol–water partition coefficient (Wildman–Crippen LogP) is 3.46. The van der Waals surface area contributed by atoms with Gasteiger partial charge in [0.15, 0.2) is 0 Å². The van der Waals surface area contributed by atoms with Gasteiger partial charge in [0.2, 0.25) is 11.8 Å². The Kier molecular flexibility index (Phi) is 4.83. The molecule has 1 aromatic carbocycles. The average molecular weight is 385 g/mol. The molecule has 0 spiro atoms. The fourth-order valence-electron chi connectivity index (χ4n) is 3.82. The molecule has 5 nitrogen and oxygen atoms in total. The van der Waals surface area contributed by atoms with Crippen molar-refractivity contribution in [2.24, 2.45) is 5.92 Å². The van der Waals surface area contributed by atoms with Crippen LogP contribution in [0.3, 0.4) is 0 Å². The molecule has 1 saturated heterocycles. The number of nitrogens with zero attached hydrogens (tertiary/aromatic N) is 3. The molecule has 2 atom stereocenters. The van der Waals surface area contributed by atoms with Crippen molar-refractivity contribution in [3.63, 3.8) is 0 Å². The van der Waals surface area contributed by atoms with E-state index in [1.54, 1.807) is 6.20 Å². The molecule has 0 N–H and O–H groups in total. The van der Waals surface area contributed by atoms with Crippen molar-refractivity contribution in [3.8, 4) is 0 Å². The number of carbonyl (C=O) groups excluding carboxylic acids is 2. The highest BCUT2D eigenvalue weighted by Gasteiger charge is 2.44. The number of amides is 2. The van der Waals surface area contributed by atoms with E-state index in [4.69, 9.17) is 0 Å². The van der Waals surface area contributed by atoms with Gasteiger partial charge in [-0.15, -0.1) is 0 Å². The van der Waals surface area contributed by atoms with E-state index in [0.717, 1.165) is 30.7 Å². The third-order valence-corrected chi connectivity index (χ3v) is 5.40. The van der Waals surface area contributed by atoms with E-state index in [2.05, 4.69) is 4.98 Å². The number of benzene rings is 1. The molecule has 1 aromatic heterocycles. The molecule has 146 valence electrons. The summed E-state index contributed by atoms with van der Waals surface area (Å²) in [6.07, 6.45) is 3.58. The molecule has 2 amide bonds. The van der Waals surface area contributed by atoms with Crippen LogP contribution in [0.4, 0.5) is 14.5 Å². The minimum Gasteiger partial charge on any atom is -0.331 e. The first kappa shape index (κ1) is 18.5. The monoisotopic (exact) mass is 385 g/mol. The second-order valence-corrected chi connectivity index (χ2v) is 7.41. The van der Waals surface area contributed by atoms with Gasteiger partial charge in [-0.1, -0.05) is 6.07 Å². The molecule has 4 rings (SSSR count). The average Bonchev–Trinajstić information content (AvgIpc) is 3.44. The topological polar surface area (TPSA) is 53.5 Å². The molecule has 1 aliphatic heterocycles. The van der Waals surface area contributed by atoms with E-state index < -0.39 is 17.6 Å². The summed E-state index contributed by atoms with van der Waals surface area (Å²) in [5, 5.41) is 0. The predicted molar refractivity (Wildman–Crippen MR) is 99.3 cm³/mol. The first-order valence-electron chi connectivity index (χ1n) is 9.44. The molecule has 2 aliphatic rings. The third-order valence-electron chi connectivity index (χ3n) is 5.40. The lowest BCUT2D eigenvalue weighted by Crippen LogP contribution is -2.41. The van der Waals surface area contributed by atoms with Gasteiger partial charge in [0, 0.05) is 31.3 Å². The van der Waals surface area contributed by atoms with Gasteiger partial charge in [0.25, 0.3) is 0 Å². The maximum atomic E-state index is 14.1. The van der Waals surface area contributed by atoms with Crippen molar-refractivity contribution < 1.29 is 18.4 Å². The number of anilines is 1. The Bertz CT molecular complexity index is 902. The van der Waals surface area contributed by atoms with Gasteiger partial charge in [-0.05, 0) is 44.0 Å². The van der Waals surface area contributed by atoms with Gasteiger partial charge in [-0.3, -0.25) is 14.6 Å². The van der Waals surface area contributed by atoms with Crippen LogP contribution in [0.1, 0.15) is 37.9 Å². The molecule has 1 saturated carbocycles. The quantitative estimate of drug-likeness (QED) is 0.792. The SMILES string of the molecule is CC(c1ccccn1)N(C(=O)C1CC(=O)N(c2ccc(F)cc2F)C1)C1CC1. The van der Waals surface area contributed by atoms with Crippen molar-refractivity contribution >= 4 is 17.5 Å². The lowest BCUT2D eigenvalue weighted by molar-refractivity contribution is -0.138. The molecule has 1 aliphatic carbocycles. The fourth-order valence-corrected chi connectivity index (χ4v) is 3.82. The maximum Gasteiger partial charge on any atom is 0.228 e. The molecule has 0 bridgehead atoms. The number of hydrogen-bond donors (Lipinski definition) is 0. The highest BCUT2D eigenvalue weighted by atomic mass is 19.1. The number of aromatic nitrogens is 1. The minimum absolute atomic E-state index is 0.0115. The lowest BCUT2D eigenvalue weighted by atomic mass is 10.0. The first-order valence-corrected chi connectivity index (χ1v) is 9.44. The van der Waals surface area contributed by atoms with Crippen molar-refractivity contribution in [2.45, 2.75) is 38.3 Å². The standard InChI is InChI=1S/C21H21F2N3O2/c1-13(18-4-2-3-9-24-18)26(16-6-7-16)21(28)14-10-20(27)25(12-14)19-8-5-15(22)11-17(19)23/h2-5,8-9,11,13-14,16H,6-7,10,12H2,1H3. The van der Waals surface area contributed by atoms with Crippen molar-refractivity contribution in [2.75, 3.05) is 11.4 Å². The Morgan fingerprint density at radius 2 is 2.04 bits per heavy atom. The molecule has 28 heavy (non-hydrogen) atoms. The zero-order valence-corrected chi connectivity index (χ0v) is 15.5. The Hall–Kier alpha value is -2.83. The fraction of sp³-hybridized carbons (Fsp3) is 0.381. The molecular weight excluding hydrogens is 364 g/mol. The summed E-state index contributed by atoms with van der Waals surface area (Å²) < 4.78 is 27.3. The van der Waals surface area contributed by atoms with E-state index in [-0.39, 0.29) is 42.6 Å². The largest absolute Gasteiger partial charge is 0.331 e. The number of pyridine rings is 1. The smallest absolute Gasteiger partial charge is 0.228 e. The Morgan fingerprint density at radius 1 is 1.25 bits per heavy atom. The number of rotatable bonds is 5. The van der Waals surface area contributed by atoms with Gasteiger partial charge in [-0.25, -0.2) is 8.78 Å². The summed E-state index contributed by atoms with van der Waals surface area (Å²) in [5.41, 5.74) is 0.811. The van der Waals surface area contributed by atoms with Crippen molar-refractivity contribution in [1.29, 1.82) is 0 Å². The summed E-state index contributed by atoms with van der Waals surface area (Å²) >= 11 is 0. The van der Waals surface area contributed by atoms with E-state index >= 15 is 0 Å². The van der Waals surface area contributed by atoms with E-state index in [1.165, 1.54) is 11.0 Å². The van der Waals surface area contributed by atoms with Crippen LogP contribution < -0.4 is 4.90 Å². The third kappa shape index (κ3) is 3.48. The number of halogens is 2. The molecule has 2 fully saturated rings. The molecular formula is C21H21F2N3O2. The Morgan fingerprint density at radius 3 is 2.68 bits per heavy atom. The van der Waals surface area contributed by atoms with Gasteiger partial charge in [0.1, 0.15) is 11.6 Å². The van der Waals surface area contributed by atoms with Crippen LogP contribution in [-0.4, -0.2) is 34.3 Å². The summed E-state index contributed by atoms with van der Waals surface area (Å²) in [5.74, 6) is -2.50.